The van der Waals surface area contributed by atoms with Crippen LogP contribution in [0.2, 0.25) is 0 Å². The summed E-state index contributed by atoms with van der Waals surface area (Å²) in [6, 6.07) is 3.63. The number of halogens is 1. The van der Waals surface area contributed by atoms with Crippen molar-refractivity contribution < 1.29 is 9.90 Å². The molecule has 5 nitrogen and oxygen atoms in total. The van der Waals surface area contributed by atoms with Gasteiger partial charge in [-0.25, -0.2) is 9.50 Å². The van der Waals surface area contributed by atoms with Crippen LogP contribution < -0.4 is 0 Å². The van der Waals surface area contributed by atoms with Crippen LogP contribution in [0.3, 0.4) is 0 Å². The molecule has 0 aliphatic heterocycles. The van der Waals surface area contributed by atoms with E-state index in [1.807, 2.05) is 6.07 Å². The normalized spacial score (nSPS) is 10.6. The smallest absolute Gasteiger partial charge is 0.311 e. The van der Waals surface area contributed by atoms with E-state index in [9.17, 15) is 4.79 Å². The molecule has 0 fully saturated rings. The number of rotatable bonds is 2. The highest BCUT2D eigenvalue weighted by Gasteiger charge is 2.08. The number of aliphatic carboxylic acids is 1. The van der Waals surface area contributed by atoms with Crippen molar-refractivity contribution in [2.24, 2.45) is 0 Å². The second-order valence-electron chi connectivity index (χ2n) is 2.72. The molecule has 2 aromatic heterocycles. The topological polar surface area (TPSA) is 67.5 Å². The molecule has 0 bridgehead atoms. The lowest BCUT2D eigenvalue weighted by Crippen LogP contribution is -2.01. The monoisotopic (exact) mass is 255 g/mol. The maximum atomic E-state index is 10.4. The first-order valence-corrected chi connectivity index (χ1v) is 4.67. The maximum absolute atomic E-state index is 10.4. The third kappa shape index (κ3) is 1.60. The van der Waals surface area contributed by atoms with Gasteiger partial charge in [0.2, 0.25) is 0 Å². The second-order valence-corrected chi connectivity index (χ2v) is 3.58. The van der Waals surface area contributed by atoms with Crippen molar-refractivity contribution in [1.29, 1.82) is 0 Å². The van der Waals surface area contributed by atoms with Gasteiger partial charge in [-0.3, -0.25) is 4.79 Å². The van der Waals surface area contributed by atoms with Gasteiger partial charge in [0.25, 0.3) is 0 Å². The Kier molecular flexibility index (Phi) is 2.20. The molecule has 0 unspecified atom stereocenters. The largest absolute Gasteiger partial charge is 0.481 e. The first-order chi connectivity index (χ1) is 6.66. The Hall–Kier alpha value is -1.43. The molecule has 14 heavy (non-hydrogen) atoms. The molecule has 0 aliphatic carbocycles. The van der Waals surface area contributed by atoms with Gasteiger partial charge in [-0.1, -0.05) is 0 Å². The molecule has 72 valence electrons. The fourth-order valence-electron chi connectivity index (χ4n) is 1.13. The van der Waals surface area contributed by atoms with Gasteiger partial charge in [0.1, 0.15) is 6.42 Å². The number of hydrogen-bond acceptors (Lipinski definition) is 3. The third-order valence-corrected chi connectivity index (χ3v) is 2.29. The summed E-state index contributed by atoms with van der Waals surface area (Å²) in [6.07, 6.45) is 1.56. The van der Waals surface area contributed by atoms with Crippen molar-refractivity contribution in [3.05, 3.63) is 28.6 Å². The van der Waals surface area contributed by atoms with Gasteiger partial charge >= 0.3 is 5.97 Å². The summed E-state index contributed by atoms with van der Waals surface area (Å²) in [5.41, 5.74) is 0.628. The Morgan fingerprint density at radius 2 is 2.43 bits per heavy atom. The number of nitrogens with zero attached hydrogens (tertiary/aromatic N) is 3. The highest BCUT2D eigenvalue weighted by atomic mass is 79.9. The minimum atomic E-state index is -0.933. The predicted molar refractivity (Wildman–Crippen MR) is 52.0 cm³/mol. The van der Waals surface area contributed by atoms with Crippen molar-refractivity contribution in [1.82, 2.24) is 14.6 Å². The van der Waals surface area contributed by atoms with Gasteiger partial charge < -0.3 is 5.11 Å². The lowest BCUT2D eigenvalue weighted by Gasteiger charge is -1.90. The lowest BCUT2D eigenvalue weighted by atomic mass is 10.4. The van der Waals surface area contributed by atoms with Crippen molar-refractivity contribution in [3.8, 4) is 0 Å². The van der Waals surface area contributed by atoms with E-state index in [-0.39, 0.29) is 6.42 Å². The highest BCUT2D eigenvalue weighted by molar-refractivity contribution is 9.10. The van der Waals surface area contributed by atoms with Crippen LogP contribution >= 0.6 is 15.9 Å². The number of carboxylic acids is 1. The summed E-state index contributed by atoms with van der Waals surface area (Å²) in [4.78, 5) is 14.5. The molecule has 0 saturated heterocycles. The van der Waals surface area contributed by atoms with Gasteiger partial charge in [-0.05, 0) is 28.1 Å². The molecule has 0 aliphatic rings. The third-order valence-electron chi connectivity index (χ3n) is 1.67. The summed E-state index contributed by atoms with van der Waals surface area (Å²) >= 11 is 3.31. The Bertz CT molecular complexity index is 494. The fourth-order valence-corrected chi connectivity index (χ4v) is 1.55. The summed E-state index contributed by atoms with van der Waals surface area (Å²) in [5, 5.41) is 12.6. The Morgan fingerprint density at radius 3 is 3.07 bits per heavy atom. The molecule has 0 radical (unpaired) electrons. The number of carbonyl (C=O) groups is 1. The van der Waals surface area contributed by atoms with E-state index in [1.54, 1.807) is 16.8 Å². The Labute approximate surface area is 87.5 Å². The Morgan fingerprint density at radius 1 is 1.64 bits per heavy atom. The van der Waals surface area contributed by atoms with Crippen LogP contribution in [-0.4, -0.2) is 25.7 Å². The van der Waals surface area contributed by atoms with Gasteiger partial charge in [-0.15, -0.1) is 0 Å². The fraction of sp³-hybridized carbons (Fsp3) is 0.125. The molecule has 6 heteroatoms. The zero-order valence-corrected chi connectivity index (χ0v) is 8.60. The zero-order valence-electron chi connectivity index (χ0n) is 7.01. The summed E-state index contributed by atoms with van der Waals surface area (Å²) in [7, 11) is 0. The van der Waals surface area contributed by atoms with Crippen molar-refractivity contribution in [2.45, 2.75) is 6.42 Å². The van der Waals surface area contributed by atoms with Crippen LogP contribution in [0.25, 0.3) is 5.65 Å². The van der Waals surface area contributed by atoms with Crippen molar-refractivity contribution >= 4 is 27.5 Å². The van der Waals surface area contributed by atoms with Crippen LogP contribution in [0.4, 0.5) is 0 Å². The molecule has 2 heterocycles. The molecule has 0 amide bonds. The van der Waals surface area contributed by atoms with Gasteiger partial charge in [0.05, 0.1) is 4.47 Å². The average Bonchev–Trinajstić information content (AvgIpc) is 2.47. The van der Waals surface area contributed by atoms with Crippen LogP contribution in [0.15, 0.2) is 22.8 Å². The second kappa shape index (κ2) is 3.38. The van der Waals surface area contributed by atoms with Gasteiger partial charge in [0.15, 0.2) is 11.5 Å². The van der Waals surface area contributed by atoms with E-state index >= 15 is 0 Å². The predicted octanol–water partition coefficient (Wildman–Crippen LogP) is 1.12. The van der Waals surface area contributed by atoms with Gasteiger partial charge in [-0.2, -0.15) is 5.10 Å². The van der Waals surface area contributed by atoms with E-state index in [4.69, 9.17) is 5.11 Å². The van der Waals surface area contributed by atoms with Crippen molar-refractivity contribution in [2.75, 3.05) is 0 Å². The first-order valence-electron chi connectivity index (χ1n) is 3.88. The van der Waals surface area contributed by atoms with Crippen LogP contribution in [0.1, 0.15) is 5.82 Å². The van der Waals surface area contributed by atoms with E-state index in [0.717, 1.165) is 4.47 Å². The molecule has 2 rings (SSSR count). The Balaban J connectivity index is 2.51. The number of hydrogen-bond donors (Lipinski definition) is 1. The molecular weight excluding hydrogens is 250 g/mol. The molecule has 1 N–H and O–H groups in total. The average molecular weight is 256 g/mol. The SMILES string of the molecule is O=C(O)Cc1nc2c(Br)cccn2n1. The number of aromatic nitrogens is 3. The number of pyridine rings is 1. The summed E-state index contributed by atoms with van der Waals surface area (Å²) in [5.74, 6) is -0.624. The van der Waals surface area contributed by atoms with Crippen LogP contribution in [0.5, 0.6) is 0 Å². The quantitative estimate of drug-likeness (QED) is 0.874. The van der Waals surface area contributed by atoms with Crippen LogP contribution in [0, 0.1) is 0 Å². The van der Waals surface area contributed by atoms with E-state index < -0.39 is 5.97 Å². The molecular formula is C8H6BrN3O2. The number of carboxylic acid groups (broad SMARTS) is 1. The minimum absolute atomic E-state index is 0.159. The molecule has 0 spiro atoms. The summed E-state index contributed by atoms with van der Waals surface area (Å²) < 4.78 is 2.34. The molecule has 2 aromatic rings. The first kappa shape index (κ1) is 9.14. The van der Waals surface area contributed by atoms with E-state index in [0.29, 0.717) is 11.5 Å². The van der Waals surface area contributed by atoms with Crippen molar-refractivity contribution in [3.63, 3.8) is 0 Å². The highest BCUT2D eigenvalue weighted by Crippen LogP contribution is 2.15. The van der Waals surface area contributed by atoms with E-state index in [2.05, 4.69) is 26.0 Å². The standard InChI is InChI=1S/C8H6BrN3O2/c9-5-2-1-3-12-8(5)10-6(11-12)4-7(13)14/h1-3H,4H2,(H,13,14). The number of fused-ring (bicyclic) bond motifs is 1. The van der Waals surface area contributed by atoms with Gasteiger partial charge in [0, 0.05) is 6.20 Å². The molecule has 0 aromatic carbocycles. The molecule has 0 saturated carbocycles. The summed E-state index contributed by atoms with van der Waals surface area (Å²) in [6.45, 7) is 0. The van der Waals surface area contributed by atoms with E-state index in [1.165, 1.54) is 0 Å². The van der Waals surface area contributed by atoms with Crippen LogP contribution in [-0.2, 0) is 11.2 Å². The lowest BCUT2D eigenvalue weighted by molar-refractivity contribution is -0.136. The zero-order chi connectivity index (χ0) is 10.1. The minimum Gasteiger partial charge on any atom is -0.481 e. The maximum Gasteiger partial charge on any atom is 0.311 e. The molecule has 0 atom stereocenters.